The lowest BCUT2D eigenvalue weighted by molar-refractivity contribution is -0.132. The molecule has 0 aromatic rings. The van der Waals surface area contributed by atoms with Gasteiger partial charge in [-0.05, 0) is 0 Å². The number of aliphatic hydroxyl groups excluding tert-OH is 8. The number of carboxylic acid groups (broad SMARTS) is 4. The van der Waals surface area contributed by atoms with Gasteiger partial charge in [0.25, 0.3) is 0 Å². The molecular weight excluding hydrogens is 612 g/mol. The molecule has 18 nitrogen and oxygen atoms in total. The number of carboxylic acids is 4. The average molecular weight is 661 g/mol. The van der Waals surface area contributed by atoms with E-state index >= 15 is 0 Å². The van der Waals surface area contributed by atoms with E-state index in [9.17, 15) is 60.0 Å². The Bertz CT molecular complexity index is 713. The van der Waals surface area contributed by atoms with Gasteiger partial charge in [0.15, 0.2) is 0 Å². The lowest BCUT2D eigenvalue weighted by Crippen LogP contribution is -2.45. The molecule has 0 rings (SSSR count). The molecule has 0 radical (unpaired) electrons. The molecule has 0 amide bonds. The van der Waals surface area contributed by atoms with Crippen molar-refractivity contribution in [1.29, 1.82) is 0 Å². The van der Waals surface area contributed by atoms with Crippen LogP contribution in [-0.2, 0) is 28.7 Å². The smallest absolute Gasteiger partial charge is 0.327 e. The van der Waals surface area contributed by atoms with Crippen molar-refractivity contribution in [2.75, 3.05) is 79.3 Å². The van der Waals surface area contributed by atoms with Gasteiger partial charge in [0.2, 0.25) is 0 Å². The molecule has 0 aliphatic rings. The monoisotopic (exact) mass is 660 g/mol. The Balaban J connectivity index is -0.000000213. The van der Waals surface area contributed by atoms with E-state index < -0.39 is 93.0 Å². The molecule has 0 aromatic carbocycles. The zero-order chi connectivity index (χ0) is 36.5. The molecule has 0 aromatic heterocycles. The fourth-order valence-corrected chi connectivity index (χ4v) is 1.82. The fourth-order valence-electron chi connectivity index (χ4n) is 1.82. The number of carbonyl (C=O) groups is 4. The molecule has 45 heavy (non-hydrogen) atoms. The second kappa shape index (κ2) is 31.9. The van der Waals surface area contributed by atoms with Gasteiger partial charge in [0.05, 0.1) is 95.5 Å². The largest absolute Gasteiger partial charge is 0.478 e. The highest BCUT2D eigenvalue weighted by molar-refractivity contribution is 5.79. The van der Waals surface area contributed by atoms with Gasteiger partial charge in [0.1, 0.15) is 0 Å². The minimum Gasteiger partial charge on any atom is -0.478 e. The maximum atomic E-state index is 9.56. The highest BCUT2D eigenvalue weighted by Crippen LogP contribution is 2.23. The Morgan fingerprint density at radius 2 is 0.533 bits per heavy atom. The van der Waals surface area contributed by atoms with Crippen molar-refractivity contribution in [2.45, 2.75) is 0 Å². The van der Waals surface area contributed by atoms with Gasteiger partial charge in [-0.15, -0.1) is 0 Å². The predicted octanol–water partition coefficient (Wildman–Crippen LogP) is -3.05. The summed E-state index contributed by atoms with van der Waals surface area (Å²) in [5.74, 6) is -3.93. The van der Waals surface area contributed by atoms with Crippen molar-refractivity contribution in [3.05, 3.63) is 50.6 Å². The molecule has 0 saturated carbocycles. The first-order chi connectivity index (χ1) is 21.0. The Labute approximate surface area is 260 Å². The Morgan fingerprint density at radius 1 is 0.400 bits per heavy atom. The van der Waals surface area contributed by atoms with Crippen molar-refractivity contribution < 1.29 is 89.9 Å². The molecule has 0 atom stereocenters. The normalized spacial score (nSPS) is 10.3. The lowest BCUT2D eigenvalue weighted by atomic mass is 9.90. The number of hydrogen-bond donors (Lipinski definition) is 12. The molecule has 0 heterocycles. The molecule has 0 bridgehead atoms. The SMILES string of the molecule is C=CC(=O)O.C=CC(=O)O.C=CC(=O)O.C=CC(=O)O.OCC(CO)(CO)COCC(CO)(CO)COCC(CO)(CO)CO. The summed E-state index contributed by atoms with van der Waals surface area (Å²) in [6.45, 7) is 7.02. The van der Waals surface area contributed by atoms with Crippen LogP contribution in [-0.4, -0.2) is 164 Å². The highest BCUT2D eigenvalue weighted by Gasteiger charge is 2.35. The van der Waals surface area contributed by atoms with Crippen LogP contribution in [0.4, 0.5) is 0 Å². The molecule has 0 spiro atoms. The van der Waals surface area contributed by atoms with E-state index in [2.05, 4.69) is 26.3 Å². The third-order valence-corrected chi connectivity index (χ3v) is 5.01. The minimum atomic E-state index is -1.24. The van der Waals surface area contributed by atoms with Crippen LogP contribution < -0.4 is 0 Å². The number of ether oxygens (including phenoxy) is 2. The van der Waals surface area contributed by atoms with Crippen molar-refractivity contribution in [1.82, 2.24) is 0 Å². The quantitative estimate of drug-likeness (QED) is 0.0577. The van der Waals surface area contributed by atoms with Crippen LogP contribution in [0.15, 0.2) is 50.6 Å². The molecular formula is C27H48O18. The average Bonchev–Trinajstić information content (AvgIpc) is 3.05. The van der Waals surface area contributed by atoms with E-state index in [1.54, 1.807) is 0 Å². The molecule has 0 unspecified atom stereocenters. The summed E-state index contributed by atoms with van der Waals surface area (Å²) in [6.07, 6.45) is 3.33. The first-order valence-corrected chi connectivity index (χ1v) is 12.4. The second-order valence-electron chi connectivity index (χ2n) is 8.92. The Morgan fingerprint density at radius 3 is 0.644 bits per heavy atom. The van der Waals surface area contributed by atoms with Crippen LogP contribution in [0.2, 0.25) is 0 Å². The number of aliphatic hydroxyl groups is 8. The van der Waals surface area contributed by atoms with Gasteiger partial charge < -0.3 is 70.8 Å². The van der Waals surface area contributed by atoms with E-state index in [4.69, 9.17) is 29.9 Å². The van der Waals surface area contributed by atoms with Crippen molar-refractivity contribution in [3.8, 4) is 0 Å². The van der Waals surface area contributed by atoms with Gasteiger partial charge in [0, 0.05) is 24.3 Å². The zero-order valence-corrected chi connectivity index (χ0v) is 24.9. The molecule has 0 aliphatic heterocycles. The maximum Gasteiger partial charge on any atom is 0.327 e. The molecule has 0 fully saturated rings. The van der Waals surface area contributed by atoms with Crippen LogP contribution in [0.25, 0.3) is 0 Å². The topological polar surface area (TPSA) is 330 Å². The summed E-state index contributed by atoms with van der Waals surface area (Å²) in [5, 5.41) is 105. The summed E-state index contributed by atoms with van der Waals surface area (Å²) < 4.78 is 10.7. The van der Waals surface area contributed by atoms with Crippen molar-refractivity contribution in [3.63, 3.8) is 0 Å². The maximum absolute atomic E-state index is 9.56. The summed E-state index contributed by atoms with van der Waals surface area (Å²) in [6, 6.07) is 0. The number of aliphatic carboxylic acids is 4. The van der Waals surface area contributed by atoms with Gasteiger partial charge in [-0.2, -0.15) is 0 Å². The number of hydrogen-bond acceptors (Lipinski definition) is 14. The first-order valence-electron chi connectivity index (χ1n) is 12.4. The van der Waals surface area contributed by atoms with Crippen LogP contribution in [0, 0.1) is 16.2 Å². The minimum absolute atomic E-state index is 0.188. The van der Waals surface area contributed by atoms with E-state index in [1.165, 1.54) is 0 Å². The summed E-state index contributed by atoms with van der Waals surface area (Å²) in [4.78, 5) is 37.0. The van der Waals surface area contributed by atoms with Gasteiger partial charge in [-0.1, -0.05) is 26.3 Å². The van der Waals surface area contributed by atoms with Crippen LogP contribution >= 0.6 is 0 Å². The number of rotatable bonds is 20. The summed E-state index contributed by atoms with van der Waals surface area (Å²) in [7, 11) is 0. The molecule has 0 saturated heterocycles. The standard InChI is InChI=1S/C15H32O10.4C3H4O2/c16-1-13(2-17,3-18)9-24-11-15(7-22,8-23)12-25-10-14(4-19,5-20)6-21;4*1-2-3(4)5/h16-23H,1-12H2;4*2H,1H2,(H,4,5). The summed E-state index contributed by atoms with van der Waals surface area (Å²) >= 11 is 0. The van der Waals surface area contributed by atoms with E-state index in [-0.39, 0.29) is 26.4 Å². The molecule has 264 valence electrons. The lowest BCUT2D eigenvalue weighted by Gasteiger charge is -2.34. The van der Waals surface area contributed by atoms with E-state index in [1.807, 2.05) is 0 Å². The molecule has 12 N–H and O–H groups in total. The zero-order valence-electron chi connectivity index (χ0n) is 24.9. The fraction of sp³-hybridized carbons (Fsp3) is 0.556. The Kier molecular flexibility index (Phi) is 36.1. The van der Waals surface area contributed by atoms with Crippen molar-refractivity contribution >= 4 is 23.9 Å². The van der Waals surface area contributed by atoms with Crippen molar-refractivity contribution in [2.24, 2.45) is 16.2 Å². The third-order valence-electron chi connectivity index (χ3n) is 5.01. The van der Waals surface area contributed by atoms with Gasteiger partial charge in [-0.25, -0.2) is 19.2 Å². The first kappa shape index (κ1) is 51.0. The summed E-state index contributed by atoms with van der Waals surface area (Å²) in [5.41, 5.74) is -3.69. The van der Waals surface area contributed by atoms with E-state index in [0.29, 0.717) is 0 Å². The third kappa shape index (κ3) is 30.3. The second-order valence-corrected chi connectivity index (χ2v) is 8.92. The van der Waals surface area contributed by atoms with Crippen LogP contribution in [0.3, 0.4) is 0 Å². The van der Waals surface area contributed by atoms with Gasteiger partial charge in [-0.3, -0.25) is 0 Å². The van der Waals surface area contributed by atoms with Gasteiger partial charge >= 0.3 is 23.9 Å². The van der Waals surface area contributed by atoms with E-state index in [0.717, 1.165) is 24.3 Å². The molecule has 18 heteroatoms. The Hall–Kier alpha value is -3.56. The van der Waals surface area contributed by atoms with Crippen LogP contribution in [0.5, 0.6) is 0 Å². The molecule has 0 aliphatic carbocycles. The highest BCUT2D eigenvalue weighted by atomic mass is 16.5. The van der Waals surface area contributed by atoms with Crippen LogP contribution in [0.1, 0.15) is 0 Å². The predicted molar refractivity (Wildman–Crippen MR) is 157 cm³/mol.